The minimum atomic E-state index is -0.339. The Balaban J connectivity index is 2.19. The van der Waals surface area contributed by atoms with Gasteiger partial charge in [0.05, 0.1) is 30.2 Å². The first kappa shape index (κ1) is 18.1. The lowest BCUT2D eigenvalue weighted by Gasteiger charge is -2.22. The highest BCUT2D eigenvalue weighted by Gasteiger charge is 2.35. The van der Waals surface area contributed by atoms with E-state index < -0.39 is 0 Å². The van der Waals surface area contributed by atoms with E-state index in [-0.39, 0.29) is 50.8 Å². The molecule has 0 atom stereocenters. The Hall–Kier alpha value is -2.67. The molecule has 1 N–H and O–H groups in total. The van der Waals surface area contributed by atoms with Crippen LogP contribution >= 0.6 is 15.9 Å². The minimum Gasteiger partial charge on any atom is -0.496 e. The van der Waals surface area contributed by atoms with Crippen LogP contribution in [-0.2, 0) is 4.79 Å². The third kappa shape index (κ3) is 2.99. The fourth-order valence-electron chi connectivity index (χ4n) is 2.96. The zero-order chi connectivity index (χ0) is 18.8. The Kier molecular flexibility index (Phi) is 5.08. The number of hydrogen-bond acceptors (Lipinski definition) is 5. The maximum atomic E-state index is 13.1. The highest BCUT2D eigenvalue weighted by molar-refractivity contribution is 9.09. The zero-order valence-electron chi connectivity index (χ0n) is 14.2. The third-order valence-corrected chi connectivity index (χ3v) is 4.51. The molecule has 0 unspecified atom stereocenters. The summed E-state index contributed by atoms with van der Waals surface area (Å²) in [6.07, 6.45) is 0. The summed E-state index contributed by atoms with van der Waals surface area (Å²) in [6.45, 7) is 2.18. The molecule has 26 heavy (non-hydrogen) atoms. The van der Waals surface area contributed by atoms with Gasteiger partial charge in [-0.15, -0.1) is 0 Å². The Morgan fingerprint density at radius 1 is 1.08 bits per heavy atom. The van der Waals surface area contributed by atoms with E-state index in [1.54, 1.807) is 18.2 Å². The average Bonchev–Trinajstić information content (AvgIpc) is 2.65. The Bertz CT molecular complexity index is 922. The van der Waals surface area contributed by atoms with Crippen LogP contribution in [0.5, 0.6) is 11.5 Å². The molecule has 1 amide bonds. The van der Waals surface area contributed by atoms with E-state index in [9.17, 15) is 14.4 Å². The number of methoxy groups -OCH3 is 1. The number of rotatable bonds is 5. The molecule has 134 valence electrons. The number of anilines is 1. The maximum Gasteiger partial charge on any atom is 0.235 e. The van der Waals surface area contributed by atoms with Crippen molar-refractivity contribution in [1.29, 1.82) is 0 Å². The van der Waals surface area contributed by atoms with E-state index in [0.29, 0.717) is 18.0 Å². The summed E-state index contributed by atoms with van der Waals surface area (Å²) >= 11 is 3.07. The molecule has 1 aliphatic rings. The van der Waals surface area contributed by atoms with Gasteiger partial charge < -0.3 is 14.8 Å². The van der Waals surface area contributed by atoms with E-state index in [0.717, 1.165) is 0 Å². The molecule has 0 saturated carbocycles. The molecule has 0 bridgehead atoms. The van der Waals surface area contributed by atoms with Crippen molar-refractivity contribution in [3.63, 3.8) is 0 Å². The van der Waals surface area contributed by atoms with Gasteiger partial charge in [-0.1, -0.05) is 28.1 Å². The summed E-state index contributed by atoms with van der Waals surface area (Å²) in [5.74, 6) is -0.339. The molecule has 0 radical (unpaired) electrons. The molecule has 0 heterocycles. The standard InChI is InChI=1S/C19H16BrNO5/c1-3-26-13-6-4-5-11-16(13)19(24)17-12(18(11)23)7-10(8-14(17)25-2)21-15(22)9-20/h4-8H,3,9H2,1-2H3,(H,21,22). The monoisotopic (exact) mass is 417 g/mol. The fourth-order valence-corrected chi connectivity index (χ4v) is 3.10. The van der Waals surface area contributed by atoms with Gasteiger partial charge >= 0.3 is 0 Å². The SMILES string of the molecule is CCOc1cccc2c1C(=O)c1c(OC)cc(NC(=O)CBr)cc1C2=O. The second-order valence-corrected chi connectivity index (χ2v) is 6.11. The quantitative estimate of drug-likeness (QED) is 0.644. The van der Waals surface area contributed by atoms with E-state index in [4.69, 9.17) is 9.47 Å². The number of amides is 1. The highest BCUT2D eigenvalue weighted by atomic mass is 79.9. The van der Waals surface area contributed by atoms with Gasteiger partial charge in [-0.2, -0.15) is 0 Å². The van der Waals surface area contributed by atoms with Gasteiger partial charge in [-0.05, 0) is 19.1 Å². The molecular weight excluding hydrogens is 402 g/mol. The maximum absolute atomic E-state index is 13.1. The molecule has 0 saturated heterocycles. The molecule has 1 aliphatic carbocycles. The number of fused-ring (bicyclic) bond motifs is 2. The number of halogens is 1. The first-order chi connectivity index (χ1) is 12.5. The summed E-state index contributed by atoms with van der Waals surface area (Å²) in [5, 5.41) is 2.76. The van der Waals surface area contributed by atoms with Crippen LogP contribution < -0.4 is 14.8 Å². The molecule has 7 heteroatoms. The predicted molar refractivity (Wildman–Crippen MR) is 99.9 cm³/mol. The Labute approximate surface area is 158 Å². The van der Waals surface area contributed by atoms with Crippen LogP contribution in [0.2, 0.25) is 0 Å². The number of carbonyl (C=O) groups excluding carboxylic acids is 3. The first-order valence-electron chi connectivity index (χ1n) is 7.94. The molecule has 0 aliphatic heterocycles. The van der Waals surface area contributed by atoms with E-state index >= 15 is 0 Å². The fraction of sp³-hybridized carbons (Fsp3) is 0.211. The second kappa shape index (κ2) is 7.29. The molecule has 0 aromatic heterocycles. The van der Waals surface area contributed by atoms with Gasteiger partial charge in [0.1, 0.15) is 11.5 Å². The lowest BCUT2D eigenvalue weighted by Crippen LogP contribution is -2.23. The molecule has 2 aromatic carbocycles. The van der Waals surface area contributed by atoms with Crippen LogP contribution in [0, 0.1) is 0 Å². The number of ether oxygens (including phenoxy) is 2. The van der Waals surface area contributed by atoms with E-state index in [1.807, 2.05) is 6.92 Å². The molecule has 6 nitrogen and oxygen atoms in total. The van der Waals surface area contributed by atoms with Crippen LogP contribution in [0.25, 0.3) is 0 Å². The number of benzene rings is 2. The number of carbonyl (C=O) groups is 3. The second-order valence-electron chi connectivity index (χ2n) is 5.55. The van der Waals surface area contributed by atoms with Crippen LogP contribution in [0.15, 0.2) is 30.3 Å². The van der Waals surface area contributed by atoms with Crippen molar-refractivity contribution in [3.05, 3.63) is 52.6 Å². The van der Waals surface area contributed by atoms with Crippen LogP contribution in [0.1, 0.15) is 38.8 Å². The van der Waals surface area contributed by atoms with Crippen molar-refractivity contribution in [3.8, 4) is 11.5 Å². The number of ketones is 2. The third-order valence-electron chi connectivity index (χ3n) is 4.00. The minimum absolute atomic E-state index is 0.111. The summed E-state index contributed by atoms with van der Waals surface area (Å²) < 4.78 is 10.9. The number of alkyl halides is 1. The van der Waals surface area contributed by atoms with Crippen molar-refractivity contribution in [2.24, 2.45) is 0 Å². The zero-order valence-corrected chi connectivity index (χ0v) is 15.8. The lowest BCUT2D eigenvalue weighted by molar-refractivity contribution is -0.113. The normalized spacial score (nSPS) is 12.3. The molecule has 2 aromatic rings. The smallest absolute Gasteiger partial charge is 0.235 e. The number of hydrogen-bond donors (Lipinski definition) is 1. The van der Waals surface area contributed by atoms with Crippen molar-refractivity contribution >= 4 is 39.1 Å². The van der Waals surface area contributed by atoms with Gasteiger partial charge in [-0.3, -0.25) is 14.4 Å². The van der Waals surface area contributed by atoms with Crippen molar-refractivity contribution in [1.82, 2.24) is 0 Å². The lowest BCUT2D eigenvalue weighted by atomic mass is 9.82. The van der Waals surface area contributed by atoms with Crippen molar-refractivity contribution in [2.75, 3.05) is 24.4 Å². The first-order valence-corrected chi connectivity index (χ1v) is 9.07. The topological polar surface area (TPSA) is 81.7 Å². The van der Waals surface area contributed by atoms with Gasteiger partial charge in [0, 0.05) is 22.9 Å². The van der Waals surface area contributed by atoms with Crippen LogP contribution in [0.4, 0.5) is 5.69 Å². The van der Waals surface area contributed by atoms with Gasteiger partial charge in [0.25, 0.3) is 0 Å². The molecule has 0 spiro atoms. The summed E-state index contributed by atoms with van der Waals surface area (Å²) in [4.78, 5) is 37.8. The highest BCUT2D eigenvalue weighted by Crippen LogP contribution is 2.39. The van der Waals surface area contributed by atoms with E-state index in [1.165, 1.54) is 19.2 Å². The van der Waals surface area contributed by atoms with E-state index in [2.05, 4.69) is 21.2 Å². The summed E-state index contributed by atoms with van der Waals surface area (Å²) in [6, 6.07) is 7.95. The molecule has 0 fully saturated rings. The average molecular weight is 418 g/mol. The molecular formula is C19H16BrNO5. The summed E-state index contributed by atoms with van der Waals surface area (Å²) in [5.41, 5.74) is 1.27. The number of nitrogens with one attached hydrogen (secondary N) is 1. The van der Waals surface area contributed by atoms with Crippen LogP contribution in [-0.4, -0.2) is 36.5 Å². The van der Waals surface area contributed by atoms with Gasteiger partial charge in [0.15, 0.2) is 5.78 Å². The van der Waals surface area contributed by atoms with Gasteiger partial charge in [0.2, 0.25) is 11.7 Å². The Morgan fingerprint density at radius 2 is 1.81 bits per heavy atom. The van der Waals surface area contributed by atoms with Gasteiger partial charge in [-0.25, -0.2) is 0 Å². The summed E-state index contributed by atoms with van der Waals surface area (Å²) in [7, 11) is 1.41. The van der Waals surface area contributed by atoms with Crippen LogP contribution in [0.3, 0.4) is 0 Å². The Morgan fingerprint density at radius 3 is 2.46 bits per heavy atom. The van der Waals surface area contributed by atoms with Crippen molar-refractivity contribution in [2.45, 2.75) is 6.92 Å². The molecule has 3 rings (SSSR count). The predicted octanol–water partition coefficient (Wildman–Crippen LogP) is 3.20. The largest absolute Gasteiger partial charge is 0.496 e. The van der Waals surface area contributed by atoms with Crippen molar-refractivity contribution < 1.29 is 23.9 Å².